The molecule has 0 amide bonds. The van der Waals surface area contributed by atoms with Crippen LogP contribution in [0, 0.1) is 0 Å². The molecule has 0 bridgehead atoms. The summed E-state index contributed by atoms with van der Waals surface area (Å²) in [6.07, 6.45) is 91.4. The van der Waals surface area contributed by atoms with Crippen molar-refractivity contribution in [3.05, 3.63) is 97.2 Å². The second-order valence-corrected chi connectivity index (χ2v) is 22.7. The number of unbranched alkanes of at least 4 members (excludes halogenated alkanes) is 35. The summed E-state index contributed by atoms with van der Waals surface area (Å²) in [5, 5.41) is 0. The van der Waals surface area contributed by atoms with Gasteiger partial charge in [-0.1, -0.05) is 298 Å². The van der Waals surface area contributed by atoms with Crippen molar-refractivity contribution in [3.8, 4) is 0 Å². The van der Waals surface area contributed by atoms with Gasteiger partial charge in [-0.05, 0) is 116 Å². The third-order valence-electron chi connectivity index (χ3n) is 14.8. The van der Waals surface area contributed by atoms with Crippen molar-refractivity contribution >= 4 is 17.9 Å². The van der Waals surface area contributed by atoms with E-state index in [-0.39, 0.29) is 31.1 Å². The van der Waals surface area contributed by atoms with Crippen molar-refractivity contribution < 1.29 is 28.6 Å². The van der Waals surface area contributed by atoms with Gasteiger partial charge >= 0.3 is 17.9 Å². The van der Waals surface area contributed by atoms with Gasteiger partial charge in [-0.3, -0.25) is 14.4 Å². The lowest BCUT2D eigenvalue weighted by Gasteiger charge is -2.18. The first-order valence-corrected chi connectivity index (χ1v) is 34.2. The Kier molecular flexibility index (Phi) is 64.7. The monoisotopic (exact) mass is 1110 g/mol. The van der Waals surface area contributed by atoms with Crippen LogP contribution in [0.3, 0.4) is 0 Å². The van der Waals surface area contributed by atoms with Crippen molar-refractivity contribution in [2.75, 3.05) is 13.2 Å². The summed E-state index contributed by atoms with van der Waals surface area (Å²) in [6, 6.07) is 0. The first kappa shape index (κ1) is 76.3. The summed E-state index contributed by atoms with van der Waals surface area (Å²) in [6.45, 7) is 6.49. The zero-order chi connectivity index (χ0) is 57.8. The Labute approximate surface area is 496 Å². The topological polar surface area (TPSA) is 78.9 Å². The lowest BCUT2D eigenvalue weighted by atomic mass is 10.0. The minimum absolute atomic E-state index is 0.0887. The van der Waals surface area contributed by atoms with E-state index in [9.17, 15) is 14.4 Å². The number of hydrogen-bond acceptors (Lipinski definition) is 6. The highest BCUT2D eigenvalue weighted by atomic mass is 16.6. The lowest BCUT2D eigenvalue weighted by molar-refractivity contribution is -0.167. The van der Waals surface area contributed by atoms with E-state index in [4.69, 9.17) is 14.2 Å². The Morgan fingerprint density at radius 2 is 0.500 bits per heavy atom. The Hall–Kier alpha value is -3.67. The molecule has 0 spiro atoms. The molecule has 0 heterocycles. The first-order chi connectivity index (χ1) is 39.5. The summed E-state index contributed by atoms with van der Waals surface area (Å²) in [4.78, 5) is 38.4. The molecule has 0 aliphatic rings. The van der Waals surface area contributed by atoms with E-state index in [0.717, 1.165) is 135 Å². The largest absolute Gasteiger partial charge is 0.462 e. The smallest absolute Gasteiger partial charge is 0.306 e. The minimum atomic E-state index is -0.796. The molecule has 0 aliphatic carbocycles. The number of rotatable bonds is 62. The number of hydrogen-bond donors (Lipinski definition) is 0. The summed E-state index contributed by atoms with van der Waals surface area (Å²) in [7, 11) is 0. The fourth-order valence-electron chi connectivity index (χ4n) is 9.66. The summed E-state index contributed by atoms with van der Waals surface area (Å²) >= 11 is 0. The predicted molar refractivity (Wildman–Crippen MR) is 348 cm³/mol. The lowest BCUT2D eigenvalue weighted by Crippen LogP contribution is -2.30. The van der Waals surface area contributed by atoms with Gasteiger partial charge in [0, 0.05) is 19.3 Å². The van der Waals surface area contributed by atoms with Gasteiger partial charge in [-0.15, -0.1) is 0 Å². The van der Waals surface area contributed by atoms with Gasteiger partial charge in [0.1, 0.15) is 13.2 Å². The third-order valence-corrected chi connectivity index (χ3v) is 14.8. The van der Waals surface area contributed by atoms with Crippen molar-refractivity contribution in [1.82, 2.24) is 0 Å². The van der Waals surface area contributed by atoms with Gasteiger partial charge < -0.3 is 14.2 Å². The maximum absolute atomic E-state index is 12.9. The standard InChI is InChI=1S/C74H128O6/c1-4-7-10-13-16-19-22-25-28-30-32-34-35-36-37-38-39-41-42-44-46-49-52-55-58-61-64-67-73(76)79-70-71(69-78-72(75)66-63-60-57-54-51-48-27-24-21-18-15-12-9-6-3)80-74(77)68-65-62-59-56-53-50-47-45-43-40-33-31-29-26-23-20-17-14-11-8-5-2/h8,11,15,17-18,20,24,26-27,29-30,32-33,40,45,47,71H,4-7,9-10,12-14,16,19,21-23,25,28,31,34-39,41-44,46,48-70H2,1-3H3/b11-8-,18-15-,20-17-,27-24-,29-26-,32-30-,40-33-,47-45-. The van der Waals surface area contributed by atoms with Crippen molar-refractivity contribution in [2.24, 2.45) is 0 Å². The average molecular weight is 1110 g/mol. The second kappa shape index (κ2) is 67.8. The maximum atomic E-state index is 12.9. The van der Waals surface area contributed by atoms with Gasteiger partial charge in [0.05, 0.1) is 0 Å². The van der Waals surface area contributed by atoms with Crippen molar-refractivity contribution in [2.45, 2.75) is 341 Å². The van der Waals surface area contributed by atoms with Crippen molar-refractivity contribution in [3.63, 3.8) is 0 Å². The number of esters is 3. The van der Waals surface area contributed by atoms with Crippen LogP contribution in [0.25, 0.3) is 0 Å². The third kappa shape index (κ3) is 65.1. The molecule has 0 aromatic rings. The van der Waals surface area contributed by atoms with Crippen molar-refractivity contribution in [1.29, 1.82) is 0 Å². The Morgan fingerprint density at radius 1 is 0.263 bits per heavy atom. The van der Waals surface area contributed by atoms with Crippen LogP contribution in [0.1, 0.15) is 335 Å². The van der Waals surface area contributed by atoms with Crippen LogP contribution in [-0.4, -0.2) is 37.2 Å². The molecular formula is C74H128O6. The van der Waals surface area contributed by atoms with Crippen LogP contribution >= 0.6 is 0 Å². The second-order valence-electron chi connectivity index (χ2n) is 22.7. The molecule has 6 nitrogen and oxygen atoms in total. The normalized spacial score (nSPS) is 12.7. The molecule has 0 aliphatic heterocycles. The number of ether oxygens (including phenoxy) is 3. The van der Waals surface area contributed by atoms with E-state index in [1.54, 1.807) is 0 Å². The van der Waals surface area contributed by atoms with Gasteiger partial charge in [0.15, 0.2) is 6.10 Å². The minimum Gasteiger partial charge on any atom is -0.462 e. The van der Waals surface area contributed by atoms with Gasteiger partial charge in [0.2, 0.25) is 0 Å². The zero-order valence-electron chi connectivity index (χ0n) is 52.8. The highest BCUT2D eigenvalue weighted by Gasteiger charge is 2.19. The number of allylic oxidation sites excluding steroid dienone is 16. The molecule has 1 atom stereocenters. The molecule has 0 rings (SSSR count). The Bertz CT molecular complexity index is 1560. The highest BCUT2D eigenvalue weighted by molar-refractivity contribution is 5.71. The van der Waals surface area contributed by atoms with E-state index in [2.05, 4.69) is 118 Å². The van der Waals surface area contributed by atoms with E-state index in [0.29, 0.717) is 19.3 Å². The van der Waals surface area contributed by atoms with Crippen LogP contribution in [0.2, 0.25) is 0 Å². The molecule has 0 saturated heterocycles. The SMILES string of the molecule is CC/C=C\C/C=C\C/C=C\C/C=C\C/C=C\CCCCCCCC(=O)OC(COC(=O)CCCCCCC/C=C\C/C=C\CCCC)COC(=O)CCCCCCCCCCCCCCCCC/C=C\CCCCCCCCCC. The molecule has 0 radical (unpaired) electrons. The van der Waals surface area contributed by atoms with Crippen LogP contribution in [-0.2, 0) is 28.6 Å². The molecule has 0 saturated carbocycles. The summed E-state index contributed by atoms with van der Waals surface area (Å²) in [5.74, 6) is -0.910. The zero-order valence-corrected chi connectivity index (χ0v) is 52.8. The molecule has 0 fully saturated rings. The molecule has 460 valence electrons. The Morgan fingerprint density at radius 3 is 0.812 bits per heavy atom. The van der Waals surface area contributed by atoms with E-state index in [1.165, 1.54) is 161 Å². The van der Waals surface area contributed by atoms with Gasteiger partial charge in [0.25, 0.3) is 0 Å². The van der Waals surface area contributed by atoms with Crippen LogP contribution < -0.4 is 0 Å². The fraction of sp³-hybridized carbons (Fsp3) is 0.743. The molecule has 80 heavy (non-hydrogen) atoms. The molecule has 0 aromatic heterocycles. The average Bonchev–Trinajstić information content (AvgIpc) is 3.46. The molecule has 1 unspecified atom stereocenters. The van der Waals surface area contributed by atoms with E-state index < -0.39 is 6.10 Å². The highest BCUT2D eigenvalue weighted by Crippen LogP contribution is 2.17. The molecule has 6 heteroatoms. The quantitative estimate of drug-likeness (QED) is 0.0261. The fourth-order valence-corrected chi connectivity index (χ4v) is 9.66. The van der Waals surface area contributed by atoms with E-state index in [1.807, 2.05) is 0 Å². The molecule has 0 aromatic carbocycles. The summed E-state index contributed by atoms with van der Waals surface area (Å²) < 4.78 is 16.9. The number of carbonyl (C=O) groups is 3. The van der Waals surface area contributed by atoms with Gasteiger partial charge in [-0.2, -0.15) is 0 Å². The van der Waals surface area contributed by atoms with Gasteiger partial charge in [-0.25, -0.2) is 0 Å². The van der Waals surface area contributed by atoms with Crippen LogP contribution in [0.5, 0.6) is 0 Å². The summed E-state index contributed by atoms with van der Waals surface area (Å²) in [5.41, 5.74) is 0. The number of carbonyl (C=O) groups excluding carboxylic acids is 3. The maximum Gasteiger partial charge on any atom is 0.306 e. The first-order valence-electron chi connectivity index (χ1n) is 34.2. The Balaban J connectivity index is 4.32. The van der Waals surface area contributed by atoms with E-state index >= 15 is 0 Å². The molecular weight excluding hydrogens is 985 g/mol. The van der Waals surface area contributed by atoms with Crippen LogP contribution in [0.4, 0.5) is 0 Å². The molecule has 0 N–H and O–H groups in total. The predicted octanol–water partition coefficient (Wildman–Crippen LogP) is 23.6. The van der Waals surface area contributed by atoms with Crippen LogP contribution in [0.15, 0.2) is 97.2 Å².